The third kappa shape index (κ3) is 3.98. The van der Waals surface area contributed by atoms with Crippen LogP contribution >= 0.6 is 17.0 Å². The van der Waals surface area contributed by atoms with Crippen LogP contribution in [0.15, 0.2) is 60.7 Å². The lowest BCUT2D eigenvalue weighted by molar-refractivity contribution is 0.0154. The van der Waals surface area contributed by atoms with E-state index in [4.69, 9.17) is 4.74 Å². The van der Waals surface area contributed by atoms with Crippen molar-refractivity contribution in [2.45, 2.75) is 31.4 Å². The van der Waals surface area contributed by atoms with Crippen LogP contribution in [-0.2, 0) is 5.41 Å². The van der Waals surface area contributed by atoms with Crippen LogP contribution in [0.3, 0.4) is 0 Å². The van der Waals surface area contributed by atoms with E-state index in [9.17, 15) is 5.26 Å². The zero-order chi connectivity index (χ0) is 16.1. The van der Waals surface area contributed by atoms with Gasteiger partial charge in [0.05, 0.1) is 11.5 Å². The Bertz CT molecular complexity index is 661. The highest BCUT2D eigenvalue weighted by molar-refractivity contribution is 8.93. The van der Waals surface area contributed by atoms with Gasteiger partial charge in [0.25, 0.3) is 0 Å². The third-order valence-electron chi connectivity index (χ3n) is 4.76. The zero-order valence-electron chi connectivity index (χ0n) is 13.9. The van der Waals surface area contributed by atoms with E-state index in [0.29, 0.717) is 0 Å². The Labute approximate surface area is 154 Å². The molecule has 3 rings (SSSR count). The molecule has 0 aliphatic carbocycles. The second kappa shape index (κ2) is 8.32. The molecule has 1 aliphatic rings. The predicted molar refractivity (Wildman–Crippen MR) is 101 cm³/mol. The summed E-state index contributed by atoms with van der Waals surface area (Å²) in [6.07, 6.45) is 1.70. The van der Waals surface area contributed by atoms with E-state index in [2.05, 4.69) is 30.0 Å². The van der Waals surface area contributed by atoms with Gasteiger partial charge in [-0.3, -0.25) is 4.90 Å². The molecule has 1 unspecified atom stereocenters. The molecule has 0 bridgehead atoms. The largest absolute Gasteiger partial charge is 0.475 e. The lowest BCUT2D eigenvalue weighted by atomic mass is 9.74. The maximum atomic E-state index is 9.76. The van der Waals surface area contributed by atoms with Crippen LogP contribution in [0.4, 0.5) is 0 Å². The number of halogens is 1. The van der Waals surface area contributed by atoms with Gasteiger partial charge in [0.15, 0.2) is 0 Å². The van der Waals surface area contributed by atoms with Crippen molar-refractivity contribution in [3.05, 3.63) is 66.2 Å². The molecular formula is C20H23BrN2O. The summed E-state index contributed by atoms with van der Waals surface area (Å²) in [6, 6.07) is 22.6. The van der Waals surface area contributed by atoms with Crippen molar-refractivity contribution in [3.63, 3.8) is 0 Å². The summed E-state index contributed by atoms with van der Waals surface area (Å²) in [5.74, 6) is 0.889. The fourth-order valence-electron chi connectivity index (χ4n) is 3.26. The number of benzene rings is 2. The van der Waals surface area contributed by atoms with E-state index in [0.717, 1.165) is 37.2 Å². The molecule has 0 aromatic heterocycles. The Morgan fingerprint density at radius 2 is 1.54 bits per heavy atom. The summed E-state index contributed by atoms with van der Waals surface area (Å²) < 4.78 is 6.00. The fourth-order valence-corrected chi connectivity index (χ4v) is 3.26. The van der Waals surface area contributed by atoms with E-state index in [-0.39, 0.29) is 28.6 Å². The van der Waals surface area contributed by atoms with Crippen molar-refractivity contribution in [3.8, 4) is 11.8 Å². The molecule has 1 fully saturated rings. The zero-order valence-corrected chi connectivity index (χ0v) is 15.6. The second-order valence-corrected chi connectivity index (χ2v) is 6.13. The average molecular weight is 387 g/mol. The van der Waals surface area contributed by atoms with Gasteiger partial charge in [-0.05, 0) is 37.5 Å². The van der Waals surface area contributed by atoms with E-state index < -0.39 is 0 Å². The van der Waals surface area contributed by atoms with Crippen LogP contribution < -0.4 is 4.74 Å². The minimum absolute atomic E-state index is 0. The maximum Gasteiger partial charge on any atom is 0.149 e. The van der Waals surface area contributed by atoms with Crippen LogP contribution in [0, 0.1) is 11.3 Å². The molecule has 3 nitrogen and oxygen atoms in total. The molecular weight excluding hydrogens is 364 g/mol. The van der Waals surface area contributed by atoms with Crippen molar-refractivity contribution in [1.82, 2.24) is 4.90 Å². The topological polar surface area (TPSA) is 36.3 Å². The van der Waals surface area contributed by atoms with E-state index >= 15 is 0 Å². The summed E-state index contributed by atoms with van der Waals surface area (Å²) in [4.78, 5) is 2.31. The number of hydrogen-bond donors (Lipinski definition) is 0. The van der Waals surface area contributed by atoms with Crippen LogP contribution in [0.2, 0.25) is 0 Å². The smallest absolute Gasteiger partial charge is 0.149 e. The minimum atomic E-state index is -0.357. The first-order valence-corrected chi connectivity index (χ1v) is 8.16. The quantitative estimate of drug-likeness (QED) is 0.773. The van der Waals surface area contributed by atoms with Gasteiger partial charge in [-0.1, -0.05) is 48.5 Å². The molecule has 2 aromatic rings. The molecule has 1 heterocycles. The van der Waals surface area contributed by atoms with Crippen molar-refractivity contribution < 1.29 is 4.74 Å². The molecule has 0 radical (unpaired) electrons. The molecule has 1 aliphatic heterocycles. The van der Waals surface area contributed by atoms with Gasteiger partial charge < -0.3 is 4.74 Å². The van der Waals surface area contributed by atoms with E-state index in [1.807, 2.05) is 48.5 Å². The van der Waals surface area contributed by atoms with Gasteiger partial charge >= 0.3 is 0 Å². The van der Waals surface area contributed by atoms with Crippen LogP contribution in [0.25, 0.3) is 0 Å². The van der Waals surface area contributed by atoms with Gasteiger partial charge in [0.1, 0.15) is 12.0 Å². The molecule has 0 N–H and O–H groups in total. The number of para-hydroxylation sites is 1. The maximum absolute atomic E-state index is 9.76. The van der Waals surface area contributed by atoms with E-state index in [1.54, 1.807) is 0 Å². The summed E-state index contributed by atoms with van der Waals surface area (Å²) in [5.41, 5.74) is 0.781. The molecule has 1 saturated heterocycles. The van der Waals surface area contributed by atoms with Gasteiger partial charge in [-0.25, -0.2) is 0 Å². The molecule has 126 valence electrons. The summed E-state index contributed by atoms with van der Waals surface area (Å²) in [5, 5.41) is 9.76. The third-order valence-corrected chi connectivity index (χ3v) is 4.76. The SMILES string of the molecule is Br.CC(Oc1ccccc1)N1CCC(C#N)(c2ccccc2)CC1. The highest BCUT2D eigenvalue weighted by atomic mass is 79.9. The monoisotopic (exact) mass is 386 g/mol. The number of nitrogens with zero attached hydrogens (tertiary/aromatic N) is 2. The minimum Gasteiger partial charge on any atom is -0.475 e. The first-order chi connectivity index (χ1) is 11.2. The second-order valence-electron chi connectivity index (χ2n) is 6.13. The Hall–Kier alpha value is -1.83. The van der Waals surface area contributed by atoms with Gasteiger partial charge in [0, 0.05) is 13.1 Å². The average Bonchev–Trinajstić information content (AvgIpc) is 2.63. The summed E-state index contributed by atoms with van der Waals surface area (Å²) in [7, 11) is 0. The van der Waals surface area contributed by atoms with Crippen molar-refractivity contribution >= 4 is 17.0 Å². The first kappa shape index (κ1) is 18.5. The Kier molecular flexibility index (Phi) is 6.42. The van der Waals surface area contributed by atoms with Crippen molar-refractivity contribution in [2.24, 2.45) is 0 Å². The first-order valence-electron chi connectivity index (χ1n) is 8.16. The number of piperidine rings is 1. The number of rotatable bonds is 4. The molecule has 0 spiro atoms. The van der Waals surface area contributed by atoms with Crippen molar-refractivity contribution in [1.29, 1.82) is 5.26 Å². The van der Waals surface area contributed by atoms with Crippen LogP contribution in [-0.4, -0.2) is 24.2 Å². The Morgan fingerprint density at radius 1 is 1.00 bits per heavy atom. The lowest BCUT2D eigenvalue weighted by Crippen LogP contribution is -2.47. The van der Waals surface area contributed by atoms with Gasteiger partial charge in [-0.2, -0.15) is 5.26 Å². The molecule has 4 heteroatoms. The number of hydrogen-bond acceptors (Lipinski definition) is 3. The van der Waals surface area contributed by atoms with Crippen molar-refractivity contribution in [2.75, 3.05) is 13.1 Å². The van der Waals surface area contributed by atoms with Crippen LogP contribution in [0.5, 0.6) is 5.75 Å². The summed E-state index contributed by atoms with van der Waals surface area (Å²) >= 11 is 0. The van der Waals surface area contributed by atoms with Crippen LogP contribution in [0.1, 0.15) is 25.3 Å². The molecule has 1 atom stereocenters. The molecule has 24 heavy (non-hydrogen) atoms. The number of nitriles is 1. The highest BCUT2D eigenvalue weighted by Crippen LogP contribution is 2.35. The van der Waals surface area contributed by atoms with E-state index in [1.165, 1.54) is 0 Å². The highest BCUT2D eigenvalue weighted by Gasteiger charge is 2.37. The standard InChI is InChI=1S/C20H22N2O.BrH/c1-17(23-19-10-6-3-7-11-19)22-14-12-20(16-21,13-15-22)18-8-4-2-5-9-18;/h2-11,17H,12-15H2,1H3;1H. The lowest BCUT2D eigenvalue weighted by Gasteiger charge is -2.40. The normalized spacial score (nSPS) is 18.0. The number of likely N-dealkylation sites (tertiary alicyclic amines) is 1. The number of ether oxygens (including phenoxy) is 1. The van der Waals surface area contributed by atoms with Gasteiger partial charge in [0.2, 0.25) is 0 Å². The Balaban J connectivity index is 0.00000208. The fraction of sp³-hybridized carbons (Fsp3) is 0.350. The predicted octanol–water partition coefficient (Wildman–Crippen LogP) is 4.55. The molecule has 0 amide bonds. The Morgan fingerprint density at radius 3 is 2.08 bits per heavy atom. The summed E-state index contributed by atoms with van der Waals surface area (Å²) in [6.45, 7) is 3.82. The van der Waals surface area contributed by atoms with Gasteiger partial charge in [-0.15, -0.1) is 17.0 Å². The molecule has 2 aromatic carbocycles. The molecule has 0 saturated carbocycles.